The molecular formula is C10H18N4. The molecule has 0 aliphatic heterocycles. The molecule has 78 valence electrons. The Balaban J connectivity index is 1.62. The van der Waals surface area contributed by atoms with Crippen molar-refractivity contribution in [2.45, 2.75) is 44.6 Å². The third-order valence-electron chi connectivity index (χ3n) is 2.86. The average Bonchev–Trinajstić information content (AvgIpc) is 2.72. The normalized spacial score (nSPS) is 18.6. The van der Waals surface area contributed by atoms with Crippen LogP contribution in [0.1, 0.15) is 37.9 Å². The predicted molar refractivity (Wildman–Crippen MR) is 55.0 cm³/mol. The van der Waals surface area contributed by atoms with E-state index < -0.39 is 0 Å². The van der Waals surface area contributed by atoms with Gasteiger partial charge >= 0.3 is 0 Å². The van der Waals surface area contributed by atoms with Gasteiger partial charge in [0, 0.05) is 19.0 Å². The van der Waals surface area contributed by atoms with Gasteiger partial charge in [0.05, 0.1) is 0 Å². The first kappa shape index (κ1) is 9.65. The number of rotatable bonds is 4. The Hall–Kier alpha value is -0.900. The van der Waals surface area contributed by atoms with Crippen LogP contribution in [0.3, 0.4) is 0 Å². The third-order valence-corrected chi connectivity index (χ3v) is 2.86. The van der Waals surface area contributed by atoms with Crippen LogP contribution >= 0.6 is 0 Å². The largest absolute Gasteiger partial charge is 0.314 e. The number of H-pyrrole nitrogens is 1. The van der Waals surface area contributed by atoms with Crippen LogP contribution in [-0.4, -0.2) is 27.8 Å². The van der Waals surface area contributed by atoms with Gasteiger partial charge in [-0.05, 0) is 12.8 Å². The molecule has 0 unspecified atom stereocenters. The maximum atomic E-state index is 4.09. The van der Waals surface area contributed by atoms with Gasteiger partial charge in [0.1, 0.15) is 12.2 Å². The topological polar surface area (TPSA) is 53.6 Å². The summed E-state index contributed by atoms with van der Waals surface area (Å²) in [6.45, 7) is 1.01. The van der Waals surface area contributed by atoms with Gasteiger partial charge in [-0.15, -0.1) is 0 Å². The lowest BCUT2D eigenvalue weighted by atomic mass is 9.95. The Morgan fingerprint density at radius 3 is 2.93 bits per heavy atom. The van der Waals surface area contributed by atoms with Gasteiger partial charge in [-0.2, -0.15) is 5.10 Å². The summed E-state index contributed by atoms with van der Waals surface area (Å²) >= 11 is 0. The molecule has 4 nitrogen and oxygen atoms in total. The van der Waals surface area contributed by atoms with Gasteiger partial charge in [0.15, 0.2) is 0 Å². The second kappa shape index (κ2) is 5.10. The van der Waals surface area contributed by atoms with Gasteiger partial charge < -0.3 is 5.32 Å². The van der Waals surface area contributed by atoms with Gasteiger partial charge in [-0.25, -0.2) is 4.98 Å². The molecule has 0 saturated heterocycles. The van der Waals surface area contributed by atoms with Crippen LogP contribution < -0.4 is 5.32 Å². The van der Waals surface area contributed by atoms with E-state index in [1.807, 2.05) is 0 Å². The summed E-state index contributed by atoms with van der Waals surface area (Å²) < 4.78 is 0. The van der Waals surface area contributed by atoms with Crippen molar-refractivity contribution in [3.63, 3.8) is 0 Å². The van der Waals surface area contributed by atoms with Crippen LogP contribution in [0.15, 0.2) is 6.33 Å². The van der Waals surface area contributed by atoms with Crippen molar-refractivity contribution >= 4 is 0 Å². The fraction of sp³-hybridized carbons (Fsp3) is 0.800. The minimum absolute atomic E-state index is 0.742. The van der Waals surface area contributed by atoms with E-state index in [4.69, 9.17) is 0 Å². The van der Waals surface area contributed by atoms with Crippen LogP contribution in [0.2, 0.25) is 0 Å². The van der Waals surface area contributed by atoms with Crippen molar-refractivity contribution in [2.24, 2.45) is 0 Å². The maximum absolute atomic E-state index is 4.09. The van der Waals surface area contributed by atoms with E-state index >= 15 is 0 Å². The SMILES string of the molecule is c1n[nH]c(CCNC2CCCCC2)n1. The summed E-state index contributed by atoms with van der Waals surface area (Å²) in [6, 6.07) is 0.742. The molecule has 1 fully saturated rings. The average molecular weight is 194 g/mol. The molecule has 1 saturated carbocycles. The summed E-state index contributed by atoms with van der Waals surface area (Å²) in [5.74, 6) is 0.980. The quantitative estimate of drug-likeness (QED) is 0.759. The summed E-state index contributed by atoms with van der Waals surface area (Å²) in [5, 5.41) is 10.3. The highest BCUT2D eigenvalue weighted by Crippen LogP contribution is 2.17. The van der Waals surface area contributed by atoms with E-state index in [2.05, 4.69) is 20.5 Å². The zero-order valence-electron chi connectivity index (χ0n) is 8.50. The first-order valence-corrected chi connectivity index (χ1v) is 5.53. The lowest BCUT2D eigenvalue weighted by Crippen LogP contribution is -2.32. The molecule has 14 heavy (non-hydrogen) atoms. The second-order valence-corrected chi connectivity index (χ2v) is 3.97. The van der Waals surface area contributed by atoms with Gasteiger partial charge in [-0.3, -0.25) is 5.10 Å². The highest BCUT2D eigenvalue weighted by Gasteiger charge is 2.11. The molecule has 0 radical (unpaired) electrons. The van der Waals surface area contributed by atoms with Crippen molar-refractivity contribution in [2.75, 3.05) is 6.54 Å². The van der Waals surface area contributed by atoms with Gasteiger partial charge in [-0.1, -0.05) is 19.3 Å². The lowest BCUT2D eigenvalue weighted by Gasteiger charge is -2.22. The number of nitrogens with zero attached hydrogens (tertiary/aromatic N) is 2. The van der Waals surface area contributed by atoms with E-state index in [0.29, 0.717) is 0 Å². The van der Waals surface area contributed by atoms with E-state index in [-0.39, 0.29) is 0 Å². The Bertz CT molecular complexity index is 239. The number of hydrogen-bond donors (Lipinski definition) is 2. The van der Waals surface area contributed by atoms with Gasteiger partial charge in [0.2, 0.25) is 0 Å². The Kier molecular flexibility index (Phi) is 3.51. The van der Waals surface area contributed by atoms with Crippen LogP contribution in [-0.2, 0) is 6.42 Å². The summed E-state index contributed by atoms with van der Waals surface area (Å²) in [4.78, 5) is 4.09. The van der Waals surface area contributed by atoms with E-state index in [1.54, 1.807) is 6.33 Å². The minimum Gasteiger partial charge on any atom is -0.314 e. The molecule has 1 aliphatic rings. The second-order valence-electron chi connectivity index (χ2n) is 3.97. The molecule has 1 aromatic rings. The molecular weight excluding hydrogens is 176 g/mol. The number of hydrogen-bond acceptors (Lipinski definition) is 3. The molecule has 2 N–H and O–H groups in total. The summed E-state index contributed by atoms with van der Waals surface area (Å²) in [7, 11) is 0. The Morgan fingerprint density at radius 2 is 2.21 bits per heavy atom. The van der Waals surface area contributed by atoms with Crippen molar-refractivity contribution < 1.29 is 0 Å². The molecule has 0 bridgehead atoms. The Labute approximate surface area is 84.5 Å². The zero-order valence-corrected chi connectivity index (χ0v) is 8.50. The van der Waals surface area contributed by atoms with Crippen molar-refractivity contribution in [1.82, 2.24) is 20.5 Å². The maximum Gasteiger partial charge on any atom is 0.137 e. The standard InChI is InChI=1S/C10H18N4/c1-2-4-9(5-3-1)11-7-6-10-12-8-13-14-10/h8-9,11H,1-7H2,(H,12,13,14). The fourth-order valence-electron chi connectivity index (χ4n) is 2.05. The first-order chi connectivity index (χ1) is 6.95. The Morgan fingerprint density at radius 1 is 1.36 bits per heavy atom. The van der Waals surface area contributed by atoms with Crippen molar-refractivity contribution in [3.05, 3.63) is 12.2 Å². The smallest absolute Gasteiger partial charge is 0.137 e. The van der Waals surface area contributed by atoms with E-state index in [0.717, 1.165) is 24.8 Å². The molecule has 4 heteroatoms. The van der Waals surface area contributed by atoms with Crippen molar-refractivity contribution in [1.29, 1.82) is 0 Å². The zero-order chi connectivity index (χ0) is 9.64. The van der Waals surface area contributed by atoms with Crippen LogP contribution in [0.5, 0.6) is 0 Å². The highest BCUT2D eigenvalue weighted by atomic mass is 15.2. The monoisotopic (exact) mass is 194 g/mol. The number of aromatic amines is 1. The molecule has 0 aromatic carbocycles. The van der Waals surface area contributed by atoms with Crippen LogP contribution in [0.4, 0.5) is 0 Å². The fourth-order valence-corrected chi connectivity index (χ4v) is 2.05. The van der Waals surface area contributed by atoms with E-state index in [9.17, 15) is 0 Å². The predicted octanol–water partition coefficient (Wildman–Crippen LogP) is 1.27. The number of aromatic nitrogens is 3. The minimum atomic E-state index is 0.742. The third kappa shape index (κ3) is 2.80. The highest BCUT2D eigenvalue weighted by molar-refractivity contribution is 4.82. The molecule has 2 rings (SSSR count). The number of nitrogens with one attached hydrogen (secondary N) is 2. The molecule has 0 amide bonds. The lowest BCUT2D eigenvalue weighted by molar-refractivity contribution is 0.375. The van der Waals surface area contributed by atoms with Crippen molar-refractivity contribution in [3.8, 4) is 0 Å². The molecule has 1 aromatic heterocycles. The molecule has 0 spiro atoms. The van der Waals surface area contributed by atoms with Crippen LogP contribution in [0.25, 0.3) is 0 Å². The first-order valence-electron chi connectivity index (χ1n) is 5.53. The van der Waals surface area contributed by atoms with Gasteiger partial charge in [0.25, 0.3) is 0 Å². The van der Waals surface area contributed by atoms with E-state index in [1.165, 1.54) is 32.1 Å². The summed E-state index contributed by atoms with van der Waals surface area (Å²) in [6.07, 6.45) is 9.40. The molecule has 1 heterocycles. The summed E-state index contributed by atoms with van der Waals surface area (Å²) in [5.41, 5.74) is 0. The molecule has 1 aliphatic carbocycles. The molecule has 0 atom stereocenters. The van der Waals surface area contributed by atoms with Crippen LogP contribution in [0, 0.1) is 0 Å².